The summed E-state index contributed by atoms with van der Waals surface area (Å²) in [6.45, 7) is 1.09. The van der Waals surface area contributed by atoms with Gasteiger partial charge < -0.3 is 10.3 Å². The van der Waals surface area contributed by atoms with E-state index < -0.39 is 0 Å². The van der Waals surface area contributed by atoms with Crippen LogP contribution in [0.5, 0.6) is 0 Å². The van der Waals surface area contributed by atoms with E-state index in [0.29, 0.717) is 6.04 Å². The molecule has 1 aromatic heterocycles. The minimum Gasteiger partial charge on any atom is -0.327 e. The first-order valence-corrected chi connectivity index (χ1v) is 9.13. The molecule has 1 atom stereocenters. The van der Waals surface area contributed by atoms with Crippen LogP contribution in [0.15, 0.2) is 5.16 Å². The van der Waals surface area contributed by atoms with Gasteiger partial charge in [-0.3, -0.25) is 0 Å². The zero-order valence-corrected chi connectivity index (χ0v) is 13.1. The molecule has 0 bridgehead atoms. The van der Waals surface area contributed by atoms with E-state index >= 15 is 0 Å². The van der Waals surface area contributed by atoms with Gasteiger partial charge in [0.15, 0.2) is 5.16 Å². The molecule has 0 aromatic carbocycles. The number of nitrogens with two attached hydrogens (primary N) is 1. The highest BCUT2D eigenvalue weighted by Gasteiger charge is 2.22. The molecule has 1 saturated carbocycles. The number of hydrogen-bond donors (Lipinski definition) is 1. The third-order valence-corrected chi connectivity index (χ3v) is 5.85. The van der Waals surface area contributed by atoms with Gasteiger partial charge in [-0.15, -0.1) is 10.2 Å². The van der Waals surface area contributed by atoms with Gasteiger partial charge in [-0.1, -0.05) is 37.4 Å². The molecular formula is C15H26N4S. The molecule has 4 nitrogen and oxygen atoms in total. The fraction of sp³-hybridized carbons (Fsp3) is 0.867. The van der Waals surface area contributed by atoms with Crippen molar-refractivity contribution in [3.8, 4) is 0 Å². The minimum atomic E-state index is 0.319. The fourth-order valence-corrected chi connectivity index (χ4v) is 4.50. The van der Waals surface area contributed by atoms with Gasteiger partial charge in [0.1, 0.15) is 5.82 Å². The van der Waals surface area contributed by atoms with Crippen molar-refractivity contribution in [2.45, 2.75) is 75.5 Å². The lowest BCUT2D eigenvalue weighted by atomic mass is 9.85. The lowest BCUT2D eigenvalue weighted by molar-refractivity contribution is 0.319. The monoisotopic (exact) mass is 294 g/mol. The quantitative estimate of drug-likeness (QED) is 0.867. The van der Waals surface area contributed by atoms with Crippen LogP contribution in [0.2, 0.25) is 0 Å². The summed E-state index contributed by atoms with van der Waals surface area (Å²) in [5.74, 6) is 2.89. The fourth-order valence-electron chi connectivity index (χ4n) is 3.43. The minimum absolute atomic E-state index is 0.319. The summed E-state index contributed by atoms with van der Waals surface area (Å²) in [5, 5.41) is 9.83. The summed E-state index contributed by atoms with van der Waals surface area (Å²) in [6, 6.07) is 0.319. The summed E-state index contributed by atoms with van der Waals surface area (Å²) >= 11 is 1.82. The van der Waals surface area contributed by atoms with Crippen LogP contribution in [-0.4, -0.2) is 26.6 Å². The summed E-state index contributed by atoms with van der Waals surface area (Å²) in [5.41, 5.74) is 6.39. The number of hydrogen-bond acceptors (Lipinski definition) is 4. The number of aromatic nitrogens is 3. The molecule has 2 heterocycles. The number of fused-ring (bicyclic) bond motifs is 1. The normalized spacial score (nSPS) is 22.2. The second-order valence-corrected chi connectivity index (χ2v) is 7.22. The number of nitrogens with zero attached hydrogens (tertiary/aromatic N) is 3. The van der Waals surface area contributed by atoms with Gasteiger partial charge in [0.05, 0.1) is 0 Å². The molecule has 3 rings (SSSR count). The van der Waals surface area contributed by atoms with Crippen LogP contribution in [0.3, 0.4) is 0 Å². The second-order valence-electron chi connectivity index (χ2n) is 6.23. The predicted octanol–water partition coefficient (Wildman–Crippen LogP) is 3.00. The van der Waals surface area contributed by atoms with Crippen molar-refractivity contribution in [3.63, 3.8) is 0 Å². The second kappa shape index (κ2) is 6.94. The largest absolute Gasteiger partial charge is 0.327 e. The van der Waals surface area contributed by atoms with Crippen LogP contribution in [0, 0.1) is 5.92 Å². The number of rotatable bonds is 4. The first-order valence-electron chi connectivity index (χ1n) is 8.15. The number of aryl methyl sites for hydroxylation is 1. The molecule has 2 aliphatic rings. The first kappa shape index (κ1) is 14.4. The van der Waals surface area contributed by atoms with E-state index in [2.05, 4.69) is 14.8 Å². The molecule has 1 aliphatic heterocycles. The van der Waals surface area contributed by atoms with Crippen molar-refractivity contribution in [1.82, 2.24) is 14.8 Å². The topological polar surface area (TPSA) is 56.7 Å². The van der Waals surface area contributed by atoms with Crippen LogP contribution in [0.25, 0.3) is 0 Å². The molecule has 20 heavy (non-hydrogen) atoms. The van der Waals surface area contributed by atoms with Crippen LogP contribution in [0.1, 0.15) is 57.2 Å². The lowest BCUT2D eigenvalue weighted by Crippen LogP contribution is -2.33. The highest BCUT2D eigenvalue weighted by molar-refractivity contribution is 7.99. The summed E-state index contributed by atoms with van der Waals surface area (Å²) in [4.78, 5) is 0. The predicted molar refractivity (Wildman–Crippen MR) is 82.9 cm³/mol. The maximum absolute atomic E-state index is 6.39. The van der Waals surface area contributed by atoms with Crippen molar-refractivity contribution in [2.75, 3.05) is 5.75 Å². The maximum atomic E-state index is 6.39. The van der Waals surface area contributed by atoms with Gasteiger partial charge in [-0.05, 0) is 31.6 Å². The van der Waals surface area contributed by atoms with Crippen LogP contribution in [-0.2, 0) is 13.0 Å². The molecule has 0 spiro atoms. The summed E-state index contributed by atoms with van der Waals surface area (Å²) in [6.07, 6.45) is 11.7. The van der Waals surface area contributed by atoms with Crippen molar-refractivity contribution in [3.05, 3.63) is 5.82 Å². The van der Waals surface area contributed by atoms with Crippen molar-refractivity contribution < 1.29 is 0 Å². The summed E-state index contributed by atoms with van der Waals surface area (Å²) in [7, 11) is 0. The zero-order valence-electron chi connectivity index (χ0n) is 12.3. The van der Waals surface area contributed by atoms with E-state index in [0.717, 1.165) is 29.8 Å². The van der Waals surface area contributed by atoms with E-state index in [-0.39, 0.29) is 0 Å². The molecule has 2 N–H and O–H groups in total. The first-order chi connectivity index (χ1) is 9.84. The van der Waals surface area contributed by atoms with Gasteiger partial charge in [-0.2, -0.15) is 0 Å². The van der Waals surface area contributed by atoms with Crippen LogP contribution >= 0.6 is 11.8 Å². The number of thioether (sulfide) groups is 1. The Labute approximate surface area is 125 Å². The standard InChI is InChI=1S/C15H26N4S/c16-13(12-7-3-1-4-8-12)11-20-15-18-17-14-9-5-2-6-10-19(14)15/h12-13H,1-11,16H2. The maximum Gasteiger partial charge on any atom is 0.191 e. The zero-order chi connectivity index (χ0) is 13.8. The molecule has 1 fully saturated rings. The average molecular weight is 294 g/mol. The highest BCUT2D eigenvalue weighted by Crippen LogP contribution is 2.29. The van der Waals surface area contributed by atoms with Gasteiger partial charge in [-0.25, -0.2) is 0 Å². The van der Waals surface area contributed by atoms with Gasteiger partial charge >= 0.3 is 0 Å². The molecule has 0 radical (unpaired) electrons. The van der Waals surface area contributed by atoms with E-state index in [9.17, 15) is 0 Å². The van der Waals surface area contributed by atoms with E-state index in [1.807, 2.05) is 11.8 Å². The lowest BCUT2D eigenvalue weighted by Gasteiger charge is -2.27. The molecule has 0 saturated heterocycles. The van der Waals surface area contributed by atoms with Crippen LogP contribution in [0.4, 0.5) is 0 Å². The van der Waals surface area contributed by atoms with E-state index in [4.69, 9.17) is 5.73 Å². The van der Waals surface area contributed by atoms with Crippen molar-refractivity contribution >= 4 is 11.8 Å². The van der Waals surface area contributed by atoms with E-state index in [1.54, 1.807) is 0 Å². The van der Waals surface area contributed by atoms with Gasteiger partial charge in [0.25, 0.3) is 0 Å². The van der Waals surface area contributed by atoms with Gasteiger partial charge in [0, 0.05) is 24.8 Å². The molecule has 1 unspecified atom stereocenters. The Morgan fingerprint density at radius 2 is 1.90 bits per heavy atom. The molecular weight excluding hydrogens is 268 g/mol. The van der Waals surface area contributed by atoms with Crippen molar-refractivity contribution in [1.29, 1.82) is 0 Å². The molecule has 1 aliphatic carbocycles. The Kier molecular flexibility index (Phi) is 4.99. The van der Waals surface area contributed by atoms with Gasteiger partial charge in [0.2, 0.25) is 0 Å². The summed E-state index contributed by atoms with van der Waals surface area (Å²) < 4.78 is 2.32. The Balaban J connectivity index is 1.56. The average Bonchev–Trinajstić information content (AvgIpc) is 2.72. The Hall–Kier alpha value is -0.550. The third kappa shape index (κ3) is 3.37. The van der Waals surface area contributed by atoms with Crippen LogP contribution < -0.4 is 5.73 Å². The van der Waals surface area contributed by atoms with Crippen molar-refractivity contribution in [2.24, 2.45) is 11.7 Å². The Morgan fingerprint density at radius 3 is 2.75 bits per heavy atom. The highest BCUT2D eigenvalue weighted by atomic mass is 32.2. The SMILES string of the molecule is NC(CSc1nnc2n1CCCCC2)C1CCCCC1. The Morgan fingerprint density at radius 1 is 1.10 bits per heavy atom. The Bertz CT molecular complexity index is 426. The molecule has 5 heteroatoms. The van der Waals surface area contributed by atoms with E-state index in [1.165, 1.54) is 57.2 Å². The molecule has 0 amide bonds. The molecule has 1 aromatic rings. The smallest absolute Gasteiger partial charge is 0.191 e. The third-order valence-electron chi connectivity index (χ3n) is 4.74. The molecule has 112 valence electrons.